The summed E-state index contributed by atoms with van der Waals surface area (Å²) >= 11 is 0. The Kier molecular flexibility index (Phi) is 4.54. The van der Waals surface area contributed by atoms with Gasteiger partial charge in [-0.1, -0.05) is 6.42 Å². The highest BCUT2D eigenvalue weighted by atomic mass is 32.2. The lowest BCUT2D eigenvalue weighted by molar-refractivity contribution is 0.316. The van der Waals surface area contributed by atoms with Crippen molar-refractivity contribution in [1.82, 2.24) is 14.7 Å². The minimum absolute atomic E-state index is 0.0150. The fourth-order valence-electron chi connectivity index (χ4n) is 2.63. The molecule has 1 fully saturated rings. The van der Waals surface area contributed by atoms with Crippen molar-refractivity contribution in [3.05, 3.63) is 17.7 Å². The van der Waals surface area contributed by atoms with Crippen LogP contribution >= 0.6 is 0 Å². The number of nitrogens with one attached hydrogen (secondary N) is 2. The summed E-state index contributed by atoms with van der Waals surface area (Å²) in [5, 5.41) is 3.89. The van der Waals surface area contributed by atoms with Crippen molar-refractivity contribution < 1.29 is 12.8 Å². The molecule has 0 aromatic carbocycles. The van der Waals surface area contributed by atoms with Gasteiger partial charge in [-0.25, -0.2) is 23.1 Å². The van der Waals surface area contributed by atoms with Gasteiger partial charge in [-0.15, -0.1) is 0 Å². The van der Waals surface area contributed by atoms with Crippen LogP contribution in [0.25, 0.3) is 11.1 Å². The quantitative estimate of drug-likeness (QED) is 0.801. The number of rotatable bonds is 7. The van der Waals surface area contributed by atoms with E-state index in [0.29, 0.717) is 24.0 Å². The maximum absolute atomic E-state index is 12.0. The van der Waals surface area contributed by atoms with Gasteiger partial charge < -0.3 is 9.73 Å². The second-order valence-electron chi connectivity index (χ2n) is 6.08. The molecule has 0 bridgehead atoms. The van der Waals surface area contributed by atoms with Crippen molar-refractivity contribution in [3.63, 3.8) is 0 Å². The van der Waals surface area contributed by atoms with E-state index in [-0.39, 0.29) is 12.3 Å². The number of furan rings is 1. The third-order valence-corrected chi connectivity index (χ3v) is 5.79. The van der Waals surface area contributed by atoms with Crippen LogP contribution in [0.1, 0.15) is 30.6 Å². The molecule has 2 aromatic heterocycles. The predicted molar refractivity (Wildman–Crippen MR) is 88.9 cm³/mol. The van der Waals surface area contributed by atoms with Crippen molar-refractivity contribution in [3.8, 4) is 0 Å². The first-order valence-corrected chi connectivity index (χ1v) is 9.53. The molecule has 0 radical (unpaired) electrons. The second kappa shape index (κ2) is 6.45. The van der Waals surface area contributed by atoms with Crippen molar-refractivity contribution in [2.45, 2.75) is 33.1 Å². The molecular formula is C15H22N4O3S. The van der Waals surface area contributed by atoms with E-state index in [0.717, 1.165) is 29.6 Å². The third kappa shape index (κ3) is 3.64. The monoisotopic (exact) mass is 338 g/mol. The predicted octanol–water partition coefficient (Wildman–Crippen LogP) is 1.97. The van der Waals surface area contributed by atoms with Crippen molar-refractivity contribution in [2.24, 2.45) is 5.92 Å². The van der Waals surface area contributed by atoms with Gasteiger partial charge in [0.15, 0.2) is 0 Å². The number of hydrogen-bond donors (Lipinski definition) is 2. The highest BCUT2D eigenvalue weighted by Crippen LogP contribution is 2.28. The van der Waals surface area contributed by atoms with E-state index in [1.165, 1.54) is 12.7 Å². The van der Waals surface area contributed by atoms with Crippen LogP contribution in [0, 0.1) is 19.8 Å². The Bertz CT molecular complexity index is 796. The number of nitrogens with zero attached hydrogens (tertiary/aromatic N) is 2. The summed E-state index contributed by atoms with van der Waals surface area (Å²) in [7, 11) is -3.26. The summed E-state index contributed by atoms with van der Waals surface area (Å²) in [6.07, 6.45) is 4.87. The van der Waals surface area contributed by atoms with Gasteiger partial charge >= 0.3 is 0 Å². The van der Waals surface area contributed by atoms with E-state index in [2.05, 4.69) is 20.0 Å². The lowest BCUT2D eigenvalue weighted by Crippen LogP contribution is -2.35. The highest BCUT2D eigenvalue weighted by Gasteiger charge is 2.20. The first-order chi connectivity index (χ1) is 11.0. The standard InChI is InChI=1S/C15H22N4O3S/c1-10-11(2)22-15-13(10)14(17-9-18-15)16-6-7-23(20,21)19-8-12-4-3-5-12/h9,12,19H,3-8H2,1-2H3,(H,16,17,18). The minimum Gasteiger partial charge on any atom is -0.443 e. The van der Waals surface area contributed by atoms with Crippen LogP contribution in [-0.2, 0) is 10.0 Å². The Morgan fingerprint density at radius 2 is 2.09 bits per heavy atom. The minimum atomic E-state index is -3.26. The fourth-order valence-corrected chi connectivity index (χ4v) is 3.64. The van der Waals surface area contributed by atoms with Gasteiger partial charge in [0, 0.05) is 18.7 Å². The molecule has 126 valence electrons. The molecule has 2 aromatic rings. The van der Waals surface area contributed by atoms with Gasteiger partial charge in [-0.2, -0.15) is 0 Å². The number of anilines is 1. The van der Waals surface area contributed by atoms with Crippen molar-refractivity contribution >= 4 is 26.9 Å². The number of hydrogen-bond acceptors (Lipinski definition) is 6. The van der Waals surface area contributed by atoms with Gasteiger partial charge in [0.25, 0.3) is 0 Å². The molecule has 1 saturated carbocycles. The van der Waals surface area contributed by atoms with Crippen LogP contribution in [0.15, 0.2) is 10.7 Å². The zero-order chi connectivity index (χ0) is 16.4. The molecule has 3 rings (SSSR count). The molecule has 0 atom stereocenters. The second-order valence-corrected chi connectivity index (χ2v) is 8.00. The molecular weight excluding hydrogens is 316 g/mol. The molecule has 1 aliphatic rings. The van der Waals surface area contributed by atoms with Crippen LogP contribution in [-0.4, -0.2) is 37.2 Å². The summed E-state index contributed by atoms with van der Waals surface area (Å²) < 4.78 is 32.2. The molecule has 0 amide bonds. The Hall–Kier alpha value is -1.67. The van der Waals surface area contributed by atoms with E-state index in [4.69, 9.17) is 4.42 Å². The molecule has 1 aliphatic carbocycles. The molecule has 8 heteroatoms. The lowest BCUT2D eigenvalue weighted by atomic mass is 9.86. The largest absolute Gasteiger partial charge is 0.443 e. The van der Waals surface area contributed by atoms with Crippen molar-refractivity contribution in [1.29, 1.82) is 0 Å². The van der Waals surface area contributed by atoms with Crippen LogP contribution in [0.4, 0.5) is 5.82 Å². The molecule has 2 heterocycles. The zero-order valence-corrected chi connectivity index (χ0v) is 14.2. The lowest BCUT2D eigenvalue weighted by Gasteiger charge is -2.25. The molecule has 0 aliphatic heterocycles. The third-order valence-electron chi connectivity index (χ3n) is 4.45. The highest BCUT2D eigenvalue weighted by molar-refractivity contribution is 7.89. The summed E-state index contributed by atoms with van der Waals surface area (Å²) in [4.78, 5) is 8.30. The number of fused-ring (bicyclic) bond motifs is 1. The van der Waals surface area contributed by atoms with E-state index in [1.807, 2.05) is 13.8 Å². The number of aryl methyl sites for hydroxylation is 2. The molecule has 0 unspecified atom stereocenters. The Morgan fingerprint density at radius 3 is 2.78 bits per heavy atom. The summed E-state index contributed by atoms with van der Waals surface area (Å²) in [5.41, 5.74) is 1.48. The Morgan fingerprint density at radius 1 is 1.30 bits per heavy atom. The Balaban J connectivity index is 1.60. The molecule has 0 spiro atoms. The van der Waals surface area contributed by atoms with Gasteiger partial charge in [0.2, 0.25) is 15.7 Å². The van der Waals surface area contributed by atoms with Gasteiger partial charge in [-0.3, -0.25) is 0 Å². The van der Waals surface area contributed by atoms with E-state index in [9.17, 15) is 8.42 Å². The average molecular weight is 338 g/mol. The topological polar surface area (TPSA) is 97.1 Å². The maximum atomic E-state index is 12.0. The van der Waals surface area contributed by atoms with Crippen LogP contribution < -0.4 is 10.0 Å². The van der Waals surface area contributed by atoms with Gasteiger partial charge in [-0.05, 0) is 32.6 Å². The summed E-state index contributed by atoms with van der Waals surface area (Å²) in [6.45, 7) is 4.65. The summed E-state index contributed by atoms with van der Waals surface area (Å²) in [5.74, 6) is 1.92. The normalized spacial score (nSPS) is 15.7. The zero-order valence-electron chi connectivity index (χ0n) is 13.4. The van der Waals surface area contributed by atoms with Crippen LogP contribution in [0.3, 0.4) is 0 Å². The number of aromatic nitrogens is 2. The molecule has 23 heavy (non-hydrogen) atoms. The fraction of sp³-hybridized carbons (Fsp3) is 0.600. The Labute approximate surface area is 135 Å². The molecule has 7 nitrogen and oxygen atoms in total. The van der Waals surface area contributed by atoms with Gasteiger partial charge in [0.1, 0.15) is 17.9 Å². The smallest absolute Gasteiger partial charge is 0.231 e. The summed E-state index contributed by atoms with van der Waals surface area (Å²) in [6, 6.07) is 0. The maximum Gasteiger partial charge on any atom is 0.231 e. The van der Waals surface area contributed by atoms with Crippen LogP contribution in [0.2, 0.25) is 0 Å². The molecule has 0 saturated heterocycles. The van der Waals surface area contributed by atoms with E-state index in [1.54, 1.807) is 0 Å². The number of sulfonamides is 1. The SMILES string of the molecule is Cc1oc2ncnc(NCCS(=O)(=O)NCC3CCC3)c2c1C. The first kappa shape index (κ1) is 16.2. The van der Waals surface area contributed by atoms with Crippen molar-refractivity contribution in [2.75, 3.05) is 24.2 Å². The average Bonchev–Trinajstić information content (AvgIpc) is 2.73. The van der Waals surface area contributed by atoms with E-state index >= 15 is 0 Å². The van der Waals surface area contributed by atoms with Crippen LogP contribution in [0.5, 0.6) is 0 Å². The van der Waals surface area contributed by atoms with Gasteiger partial charge in [0.05, 0.1) is 11.1 Å². The molecule has 2 N–H and O–H groups in total. The first-order valence-electron chi connectivity index (χ1n) is 7.88. The van der Waals surface area contributed by atoms with E-state index < -0.39 is 10.0 Å².